The summed E-state index contributed by atoms with van der Waals surface area (Å²) < 4.78 is 14.7. The van der Waals surface area contributed by atoms with Crippen LogP contribution in [0.4, 0.5) is 10.2 Å². The monoisotopic (exact) mass is 372 g/mol. The van der Waals surface area contributed by atoms with E-state index in [1.54, 1.807) is 35.6 Å². The Bertz CT molecular complexity index is 1300. The minimum absolute atomic E-state index is 0.290. The van der Waals surface area contributed by atoms with Crippen LogP contribution in [0, 0.1) is 5.82 Å². The van der Waals surface area contributed by atoms with Gasteiger partial charge in [0.25, 0.3) is 0 Å². The molecular formula is C19H13FN8. The first-order valence-corrected chi connectivity index (χ1v) is 8.45. The summed E-state index contributed by atoms with van der Waals surface area (Å²) in [4.78, 5) is 16.1. The van der Waals surface area contributed by atoms with Crippen LogP contribution in [0.2, 0.25) is 0 Å². The van der Waals surface area contributed by atoms with E-state index in [4.69, 9.17) is 0 Å². The van der Waals surface area contributed by atoms with Crippen LogP contribution in [-0.2, 0) is 0 Å². The number of halogens is 1. The van der Waals surface area contributed by atoms with Gasteiger partial charge in [-0.2, -0.15) is 10.2 Å². The lowest BCUT2D eigenvalue weighted by molar-refractivity contribution is 0.628. The molecule has 3 aromatic heterocycles. The van der Waals surface area contributed by atoms with Crippen molar-refractivity contribution < 1.29 is 4.39 Å². The molecule has 0 aliphatic rings. The molecule has 3 heterocycles. The number of fused-ring (bicyclic) bond motifs is 2. The fraction of sp³-hybridized carbons (Fsp3) is 0. The van der Waals surface area contributed by atoms with E-state index in [1.165, 1.54) is 18.5 Å². The van der Waals surface area contributed by atoms with Crippen molar-refractivity contribution >= 4 is 34.1 Å². The van der Waals surface area contributed by atoms with E-state index in [-0.39, 0.29) is 5.82 Å². The summed E-state index contributed by atoms with van der Waals surface area (Å²) in [6.07, 6.45) is 6.35. The van der Waals surface area contributed by atoms with E-state index in [9.17, 15) is 4.39 Å². The van der Waals surface area contributed by atoms with Gasteiger partial charge in [0.15, 0.2) is 11.5 Å². The Morgan fingerprint density at radius 1 is 1.07 bits per heavy atom. The zero-order valence-corrected chi connectivity index (χ0v) is 14.4. The maximum atomic E-state index is 13.0. The molecule has 2 aromatic carbocycles. The number of aromatic nitrogens is 6. The van der Waals surface area contributed by atoms with Crippen molar-refractivity contribution in [1.29, 1.82) is 0 Å². The lowest BCUT2D eigenvalue weighted by Gasteiger charge is -2.04. The lowest BCUT2D eigenvalue weighted by Crippen LogP contribution is -2.00. The summed E-state index contributed by atoms with van der Waals surface area (Å²) in [5.74, 6) is 0.228. The Balaban J connectivity index is 1.50. The number of hydrogen-bond donors (Lipinski definition) is 2. The van der Waals surface area contributed by atoms with Gasteiger partial charge in [-0.05, 0) is 29.8 Å². The second-order valence-corrected chi connectivity index (χ2v) is 6.01. The Morgan fingerprint density at radius 2 is 1.96 bits per heavy atom. The molecule has 5 rings (SSSR count). The molecule has 0 unspecified atom stereocenters. The van der Waals surface area contributed by atoms with Crippen LogP contribution >= 0.6 is 0 Å². The van der Waals surface area contributed by atoms with Crippen LogP contribution in [-0.4, -0.2) is 35.9 Å². The molecule has 28 heavy (non-hydrogen) atoms. The SMILES string of the molecule is Fc1ccc(C=NNc2ncnc3c2cnn3-c2cccc3[nH]cnc23)cc1. The molecule has 0 saturated heterocycles. The lowest BCUT2D eigenvalue weighted by atomic mass is 10.2. The molecule has 5 aromatic rings. The fourth-order valence-corrected chi connectivity index (χ4v) is 2.95. The number of H-pyrrole nitrogens is 1. The van der Waals surface area contributed by atoms with Gasteiger partial charge in [-0.3, -0.25) is 5.43 Å². The summed E-state index contributed by atoms with van der Waals surface area (Å²) in [5, 5.41) is 9.35. The van der Waals surface area contributed by atoms with Crippen LogP contribution in [0.5, 0.6) is 0 Å². The largest absolute Gasteiger partial charge is 0.345 e. The summed E-state index contributed by atoms with van der Waals surface area (Å²) in [7, 11) is 0. The van der Waals surface area contributed by atoms with Gasteiger partial charge >= 0.3 is 0 Å². The molecule has 0 amide bonds. The maximum Gasteiger partial charge on any atom is 0.168 e. The number of benzene rings is 2. The van der Waals surface area contributed by atoms with Gasteiger partial charge < -0.3 is 4.98 Å². The van der Waals surface area contributed by atoms with Crippen molar-refractivity contribution in [3.8, 4) is 5.69 Å². The van der Waals surface area contributed by atoms with Crippen molar-refractivity contribution in [1.82, 2.24) is 29.7 Å². The summed E-state index contributed by atoms with van der Waals surface area (Å²) in [5.41, 5.74) is 6.82. The van der Waals surface area contributed by atoms with Gasteiger partial charge in [0, 0.05) is 0 Å². The first-order valence-electron chi connectivity index (χ1n) is 8.45. The third-order valence-corrected chi connectivity index (χ3v) is 4.28. The molecular weight excluding hydrogens is 359 g/mol. The van der Waals surface area contributed by atoms with Crippen molar-refractivity contribution in [2.75, 3.05) is 5.43 Å². The van der Waals surface area contributed by atoms with Crippen molar-refractivity contribution in [2.24, 2.45) is 5.10 Å². The Kier molecular flexibility index (Phi) is 3.75. The quantitative estimate of drug-likeness (QED) is 0.373. The number of aromatic amines is 1. The minimum atomic E-state index is -0.290. The van der Waals surface area contributed by atoms with E-state index >= 15 is 0 Å². The number of hydrazone groups is 1. The van der Waals surface area contributed by atoms with Crippen LogP contribution < -0.4 is 5.43 Å². The highest BCUT2D eigenvalue weighted by atomic mass is 19.1. The molecule has 0 bridgehead atoms. The number of nitrogens with one attached hydrogen (secondary N) is 2. The standard InChI is InChI=1S/C19H13FN8/c20-13-6-4-12(5-7-13)8-25-27-18-14-9-26-28(19(14)24-11-23-18)16-3-1-2-15-17(16)22-10-21-15/h1-11H,(H,21,22)(H,23,24,27). The van der Waals surface area contributed by atoms with Crippen LogP contribution in [0.3, 0.4) is 0 Å². The Labute approximate surface area is 157 Å². The highest BCUT2D eigenvalue weighted by molar-refractivity contribution is 5.91. The van der Waals surface area contributed by atoms with Gasteiger partial charge in [-0.25, -0.2) is 24.0 Å². The molecule has 0 saturated carbocycles. The van der Waals surface area contributed by atoms with Gasteiger partial charge in [0.1, 0.15) is 17.7 Å². The number of imidazole rings is 1. The molecule has 9 heteroatoms. The third kappa shape index (κ3) is 2.75. The van der Waals surface area contributed by atoms with Crippen molar-refractivity contribution in [3.63, 3.8) is 0 Å². The second-order valence-electron chi connectivity index (χ2n) is 6.01. The number of hydrogen-bond acceptors (Lipinski definition) is 6. The first-order chi connectivity index (χ1) is 13.8. The third-order valence-electron chi connectivity index (χ3n) is 4.28. The van der Waals surface area contributed by atoms with E-state index in [0.29, 0.717) is 16.9 Å². The molecule has 0 aliphatic heterocycles. The molecule has 2 N–H and O–H groups in total. The van der Waals surface area contributed by atoms with Crippen LogP contribution in [0.1, 0.15) is 5.56 Å². The van der Waals surface area contributed by atoms with E-state index in [1.807, 2.05) is 18.2 Å². The van der Waals surface area contributed by atoms with E-state index in [0.717, 1.165) is 22.3 Å². The fourth-order valence-electron chi connectivity index (χ4n) is 2.95. The summed E-state index contributed by atoms with van der Waals surface area (Å²) in [6, 6.07) is 11.8. The number of anilines is 1. The molecule has 0 aliphatic carbocycles. The highest BCUT2D eigenvalue weighted by Gasteiger charge is 2.13. The van der Waals surface area contributed by atoms with Gasteiger partial charge in [-0.15, -0.1) is 0 Å². The molecule has 0 radical (unpaired) electrons. The van der Waals surface area contributed by atoms with E-state index in [2.05, 4.69) is 35.6 Å². The molecule has 0 fully saturated rings. The zero-order valence-electron chi connectivity index (χ0n) is 14.4. The van der Waals surface area contributed by atoms with Gasteiger partial charge in [0.05, 0.1) is 35.3 Å². The zero-order chi connectivity index (χ0) is 18.9. The molecule has 136 valence electrons. The molecule has 0 atom stereocenters. The average Bonchev–Trinajstić information content (AvgIpc) is 3.36. The average molecular weight is 372 g/mol. The Morgan fingerprint density at radius 3 is 2.86 bits per heavy atom. The summed E-state index contributed by atoms with van der Waals surface area (Å²) >= 11 is 0. The first kappa shape index (κ1) is 16.1. The second kappa shape index (κ2) is 6.54. The smallest absolute Gasteiger partial charge is 0.168 e. The number of rotatable bonds is 4. The summed E-state index contributed by atoms with van der Waals surface area (Å²) in [6.45, 7) is 0. The maximum absolute atomic E-state index is 13.0. The van der Waals surface area contributed by atoms with Crippen molar-refractivity contribution in [2.45, 2.75) is 0 Å². The number of para-hydroxylation sites is 1. The predicted octanol–water partition coefficient (Wildman–Crippen LogP) is 3.28. The van der Waals surface area contributed by atoms with Gasteiger partial charge in [-0.1, -0.05) is 18.2 Å². The van der Waals surface area contributed by atoms with Crippen LogP contribution in [0.15, 0.2) is 66.4 Å². The Hall–Kier alpha value is -4.14. The topological polar surface area (TPSA) is 96.7 Å². The van der Waals surface area contributed by atoms with Crippen molar-refractivity contribution in [3.05, 3.63) is 72.7 Å². The normalized spacial score (nSPS) is 11.6. The number of nitrogens with zero attached hydrogens (tertiary/aromatic N) is 6. The minimum Gasteiger partial charge on any atom is -0.345 e. The van der Waals surface area contributed by atoms with Gasteiger partial charge in [0.2, 0.25) is 0 Å². The van der Waals surface area contributed by atoms with Crippen LogP contribution in [0.25, 0.3) is 27.8 Å². The highest BCUT2D eigenvalue weighted by Crippen LogP contribution is 2.25. The predicted molar refractivity (Wildman–Crippen MR) is 104 cm³/mol. The molecule has 0 spiro atoms. The molecule has 8 nitrogen and oxygen atoms in total. The van der Waals surface area contributed by atoms with E-state index < -0.39 is 0 Å².